The van der Waals surface area contributed by atoms with Crippen molar-refractivity contribution in [2.45, 2.75) is 38.0 Å². The third kappa shape index (κ3) is 1.85. The minimum absolute atomic E-state index is 0.168. The Kier molecular flexibility index (Phi) is 2.74. The van der Waals surface area contributed by atoms with E-state index >= 15 is 0 Å². The molecule has 5 heteroatoms. The van der Waals surface area contributed by atoms with Crippen LogP contribution in [0.5, 0.6) is 0 Å². The number of hydrogen-bond donors (Lipinski definition) is 1. The van der Waals surface area contributed by atoms with E-state index < -0.39 is 5.97 Å². The van der Waals surface area contributed by atoms with Crippen molar-refractivity contribution < 1.29 is 14.3 Å². The number of nitrogens with zero attached hydrogens (tertiary/aromatic N) is 2. The molecule has 2 aromatic rings. The van der Waals surface area contributed by atoms with Gasteiger partial charge in [-0.2, -0.15) is 4.98 Å². The minimum Gasteiger partial charge on any atom is -0.475 e. The van der Waals surface area contributed by atoms with Gasteiger partial charge in [0, 0.05) is 5.92 Å². The van der Waals surface area contributed by atoms with Crippen molar-refractivity contribution in [3.8, 4) is 0 Å². The molecule has 0 aliphatic heterocycles. The Morgan fingerprint density at radius 2 is 2.06 bits per heavy atom. The topological polar surface area (TPSA) is 76.2 Å². The molecule has 1 saturated carbocycles. The normalized spacial score (nSPS) is 17.1. The van der Waals surface area contributed by atoms with Crippen LogP contribution in [0.2, 0.25) is 0 Å². The van der Waals surface area contributed by atoms with E-state index in [0.29, 0.717) is 11.6 Å². The molecule has 2 heterocycles. The van der Waals surface area contributed by atoms with Crippen LogP contribution in [0.15, 0.2) is 16.7 Å². The molecule has 18 heavy (non-hydrogen) atoms. The fraction of sp³-hybridized carbons (Fsp3) is 0.462. The Hall–Kier alpha value is -1.91. The van der Waals surface area contributed by atoms with Crippen LogP contribution in [0.3, 0.4) is 0 Å². The summed E-state index contributed by atoms with van der Waals surface area (Å²) in [6.45, 7) is 0. The number of carbonyl (C=O) groups is 1. The number of fused-ring (bicyclic) bond motifs is 1. The second-order valence-electron chi connectivity index (χ2n) is 4.71. The van der Waals surface area contributed by atoms with Crippen molar-refractivity contribution in [2.75, 3.05) is 0 Å². The first-order chi connectivity index (χ1) is 8.75. The Bertz CT molecular complexity index is 585. The number of furan rings is 1. The molecule has 94 valence electrons. The summed E-state index contributed by atoms with van der Waals surface area (Å²) in [5.74, 6) is -0.941. The molecule has 1 aliphatic rings. The van der Waals surface area contributed by atoms with Gasteiger partial charge in [0.1, 0.15) is 0 Å². The first-order valence-electron chi connectivity index (χ1n) is 6.24. The number of aromatic carboxylic acids is 1. The number of aromatic nitrogens is 2. The summed E-state index contributed by atoms with van der Waals surface area (Å²) in [5.41, 5.74) is 1.22. The van der Waals surface area contributed by atoms with Crippen LogP contribution in [0.4, 0.5) is 0 Å². The van der Waals surface area contributed by atoms with Gasteiger partial charge in [0.2, 0.25) is 11.5 Å². The van der Waals surface area contributed by atoms with E-state index in [-0.39, 0.29) is 5.82 Å². The third-order valence-corrected chi connectivity index (χ3v) is 3.54. The van der Waals surface area contributed by atoms with Crippen LogP contribution in [-0.2, 0) is 0 Å². The Morgan fingerprint density at radius 3 is 2.78 bits per heavy atom. The zero-order chi connectivity index (χ0) is 12.5. The fourth-order valence-corrected chi connectivity index (χ4v) is 2.66. The van der Waals surface area contributed by atoms with Gasteiger partial charge in [0.05, 0.1) is 17.3 Å². The summed E-state index contributed by atoms with van der Waals surface area (Å²) < 4.78 is 5.23. The standard InChI is InChI=1S/C13H14N2O3/c16-13(17)11-14-10(8-4-2-1-3-5-8)9-6-7-18-12(9)15-11/h6-8H,1-5H2,(H,16,17). The van der Waals surface area contributed by atoms with E-state index in [9.17, 15) is 4.79 Å². The van der Waals surface area contributed by atoms with Gasteiger partial charge in [-0.05, 0) is 18.9 Å². The van der Waals surface area contributed by atoms with Crippen LogP contribution < -0.4 is 0 Å². The van der Waals surface area contributed by atoms with E-state index in [0.717, 1.165) is 23.9 Å². The number of carboxylic acids is 1. The Balaban J connectivity index is 2.12. The lowest BCUT2D eigenvalue weighted by Crippen LogP contribution is -2.12. The lowest BCUT2D eigenvalue weighted by molar-refractivity contribution is 0.0683. The van der Waals surface area contributed by atoms with Crippen LogP contribution >= 0.6 is 0 Å². The summed E-state index contributed by atoms with van der Waals surface area (Å²) >= 11 is 0. The average molecular weight is 246 g/mol. The number of rotatable bonds is 2. The second-order valence-corrected chi connectivity index (χ2v) is 4.71. The summed E-state index contributed by atoms with van der Waals surface area (Å²) in [7, 11) is 0. The zero-order valence-electron chi connectivity index (χ0n) is 9.93. The predicted octanol–water partition coefficient (Wildman–Crippen LogP) is 2.97. The van der Waals surface area contributed by atoms with Gasteiger partial charge in [-0.25, -0.2) is 9.78 Å². The molecule has 0 amide bonds. The molecular formula is C13H14N2O3. The molecule has 0 saturated heterocycles. The monoisotopic (exact) mass is 246 g/mol. The van der Waals surface area contributed by atoms with E-state index in [1.165, 1.54) is 25.5 Å². The first-order valence-corrected chi connectivity index (χ1v) is 6.24. The summed E-state index contributed by atoms with van der Waals surface area (Å²) in [6.07, 6.45) is 7.28. The lowest BCUT2D eigenvalue weighted by atomic mass is 9.86. The zero-order valence-corrected chi connectivity index (χ0v) is 9.93. The van der Waals surface area contributed by atoms with Crippen LogP contribution in [0, 0.1) is 0 Å². The van der Waals surface area contributed by atoms with Crippen LogP contribution in [-0.4, -0.2) is 21.0 Å². The molecule has 0 radical (unpaired) electrons. The molecule has 1 fully saturated rings. The van der Waals surface area contributed by atoms with E-state index in [2.05, 4.69) is 9.97 Å². The smallest absolute Gasteiger partial charge is 0.374 e. The van der Waals surface area contributed by atoms with Crippen LogP contribution in [0.1, 0.15) is 54.3 Å². The van der Waals surface area contributed by atoms with E-state index in [1.807, 2.05) is 6.07 Å². The molecule has 0 bridgehead atoms. The van der Waals surface area contributed by atoms with Gasteiger partial charge in [-0.15, -0.1) is 0 Å². The second kappa shape index (κ2) is 4.40. The fourth-order valence-electron chi connectivity index (χ4n) is 2.66. The summed E-state index contributed by atoms with van der Waals surface area (Å²) in [6, 6.07) is 1.82. The van der Waals surface area contributed by atoms with Gasteiger partial charge in [-0.1, -0.05) is 19.3 Å². The number of carboxylic acid groups (broad SMARTS) is 1. The molecule has 0 aromatic carbocycles. The highest BCUT2D eigenvalue weighted by molar-refractivity contribution is 5.87. The van der Waals surface area contributed by atoms with Gasteiger partial charge in [0.15, 0.2) is 0 Å². The highest BCUT2D eigenvalue weighted by atomic mass is 16.4. The van der Waals surface area contributed by atoms with Crippen LogP contribution in [0.25, 0.3) is 11.1 Å². The van der Waals surface area contributed by atoms with Crippen molar-refractivity contribution in [3.05, 3.63) is 23.8 Å². The molecule has 1 aliphatic carbocycles. The van der Waals surface area contributed by atoms with Crippen molar-refractivity contribution in [3.63, 3.8) is 0 Å². The van der Waals surface area contributed by atoms with E-state index in [1.54, 1.807) is 0 Å². The highest BCUT2D eigenvalue weighted by Gasteiger charge is 2.23. The summed E-state index contributed by atoms with van der Waals surface area (Å²) in [4.78, 5) is 19.2. The van der Waals surface area contributed by atoms with Gasteiger partial charge in [0.25, 0.3) is 0 Å². The SMILES string of the molecule is O=C(O)c1nc(C2CCCCC2)c2ccoc2n1. The van der Waals surface area contributed by atoms with Crippen molar-refractivity contribution >= 4 is 17.1 Å². The van der Waals surface area contributed by atoms with E-state index in [4.69, 9.17) is 9.52 Å². The maximum atomic E-state index is 11.0. The third-order valence-electron chi connectivity index (χ3n) is 3.54. The number of hydrogen-bond acceptors (Lipinski definition) is 4. The largest absolute Gasteiger partial charge is 0.475 e. The summed E-state index contributed by atoms with van der Waals surface area (Å²) in [5, 5.41) is 9.89. The highest BCUT2D eigenvalue weighted by Crippen LogP contribution is 2.35. The Morgan fingerprint density at radius 1 is 1.28 bits per heavy atom. The molecule has 3 rings (SSSR count). The molecule has 2 aromatic heterocycles. The van der Waals surface area contributed by atoms with Crippen molar-refractivity contribution in [1.82, 2.24) is 9.97 Å². The van der Waals surface area contributed by atoms with Gasteiger partial charge in [-0.3, -0.25) is 0 Å². The minimum atomic E-state index is -1.11. The first kappa shape index (κ1) is 11.2. The predicted molar refractivity (Wildman–Crippen MR) is 64.6 cm³/mol. The van der Waals surface area contributed by atoms with Crippen molar-refractivity contribution in [2.24, 2.45) is 0 Å². The van der Waals surface area contributed by atoms with Gasteiger partial charge < -0.3 is 9.52 Å². The maximum Gasteiger partial charge on any atom is 0.374 e. The van der Waals surface area contributed by atoms with Crippen molar-refractivity contribution in [1.29, 1.82) is 0 Å². The quantitative estimate of drug-likeness (QED) is 0.881. The molecule has 5 nitrogen and oxygen atoms in total. The Labute approximate surface area is 104 Å². The maximum absolute atomic E-state index is 11.0. The molecule has 1 N–H and O–H groups in total. The molecular weight excluding hydrogens is 232 g/mol. The average Bonchev–Trinajstić information content (AvgIpc) is 2.86. The lowest BCUT2D eigenvalue weighted by Gasteiger charge is -2.21. The molecule has 0 spiro atoms. The van der Waals surface area contributed by atoms with Gasteiger partial charge >= 0.3 is 5.97 Å². The molecule has 0 unspecified atom stereocenters. The molecule has 0 atom stereocenters.